The minimum absolute atomic E-state index is 0.00621. The van der Waals surface area contributed by atoms with Gasteiger partial charge in [0.25, 0.3) is 0 Å². The molecule has 0 aliphatic carbocycles. The van der Waals surface area contributed by atoms with Gasteiger partial charge in [-0.2, -0.15) is 18.3 Å². The van der Waals surface area contributed by atoms with E-state index in [0.717, 1.165) is 38.1 Å². The lowest BCUT2D eigenvalue weighted by atomic mass is 10.0. The van der Waals surface area contributed by atoms with Gasteiger partial charge >= 0.3 is 6.18 Å². The lowest BCUT2D eigenvalue weighted by Gasteiger charge is -2.14. The van der Waals surface area contributed by atoms with Crippen molar-refractivity contribution in [2.75, 3.05) is 20.2 Å². The highest BCUT2D eigenvalue weighted by atomic mass is 19.4. The number of ether oxygens (including phenoxy) is 1. The number of benzene rings is 1. The fraction of sp³-hybridized carbons (Fsp3) is 0.364. The molecule has 7 nitrogen and oxygen atoms in total. The number of amides is 1. The van der Waals surface area contributed by atoms with Gasteiger partial charge in [0.2, 0.25) is 5.91 Å². The molecule has 1 aromatic carbocycles. The van der Waals surface area contributed by atoms with Gasteiger partial charge in [-0.25, -0.2) is 4.98 Å². The van der Waals surface area contributed by atoms with E-state index in [9.17, 15) is 22.8 Å². The summed E-state index contributed by atoms with van der Waals surface area (Å²) in [5.74, 6) is -0.187. The number of rotatable bonds is 6. The molecular formula is C22H21F3N4O3. The Morgan fingerprint density at radius 2 is 1.91 bits per heavy atom. The van der Waals surface area contributed by atoms with Gasteiger partial charge in [-0.1, -0.05) is 6.07 Å². The number of aromatic nitrogens is 3. The van der Waals surface area contributed by atoms with Gasteiger partial charge in [0.15, 0.2) is 5.78 Å². The van der Waals surface area contributed by atoms with Crippen LogP contribution in [-0.2, 0) is 23.9 Å². The van der Waals surface area contributed by atoms with Crippen molar-refractivity contribution in [3.63, 3.8) is 0 Å². The largest absolute Gasteiger partial charge is 0.496 e. The molecule has 0 radical (unpaired) electrons. The third-order valence-electron chi connectivity index (χ3n) is 5.39. The van der Waals surface area contributed by atoms with Gasteiger partial charge in [0, 0.05) is 42.7 Å². The Balaban J connectivity index is 1.57. The van der Waals surface area contributed by atoms with Crippen LogP contribution in [0.25, 0.3) is 10.9 Å². The minimum atomic E-state index is -4.63. The number of ketones is 1. The van der Waals surface area contributed by atoms with Crippen molar-refractivity contribution in [2.24, 2.45) is 0 Å². The molecule has 1 aliphatic heterocycles. The molecule has 0 atom stereocenters. The van der Waals surface area contributed by atoms with Crippen molar-refractivity contribution < 1.29 is 27.5 Å². The zero-order valence-corrected chi connectivity index (χ0v) is 17.4. The van der Waals surface area contributed by atoms with E-state index in [1.54, 1.807) is 27.9 Å². The van der Waals surface area contributed by atoms with Gasteiger partial charge in [-0.3, -0.25) is 14.3 Å². The number of halogens is 3. The van der Waals surface area contributed by atoms with E-state index in [0.29, 0.717) is 22.2 Å². The maximum atomic E-state index is 12.9. The average molecular weight is 446 g/mol. The number of carbonyl (C=O) groups excluding carboxylic acids is 2. The summed E-state index contributed by atoms with van der Waals surface area (Å²) >= 11 is 0. The second kappa shape index (κ2) is 8.60. The number of hydrogen-bond donors (Lipinski definition) is 0. The van der Waals surface area contributed by atoms with Crippen molar-refractivity contribution in [1.29, 1.82) is 0 Å². The third-order valence-corrected chi connectivity index (χ3v) is 5.39. The Morgan fingerprint density at radius 1 is 1.16 bits per heavy atom. The number of alkyl halides is 3. The summed E-state index contributed by atoms with van der Waals surface area (Å²) < 4.78 is 45.6. The first-order chi connectivity index (χ1) is 15.2. The molecule has 168 valence electrons. The van der Waals surface area contributed by atoms with Gasteiger partial charge in [0.05, 0.1) is 12.6 Å². The molecule has 3 aromatic rings. The predicted molar refractivity (Wildman–Crippen MR) is 109 cm³/mol. The molecule has 3 heterocycles. The van der Waals surface area contributed by atoms with E-state index in [1.807, 2.05) is 0 Å². The van der Waals surface area contributed by atoms with E-state index < -0.39 is 17.7 Å². The molecule has 4 rings (SSSR count). The summed E-state index contributed by atoms with van der Waals surface area (Å²) in [6, 6.07) is 6.58. The molecule has 32 heavy (non-hydrogen) atoms. The third kappa shape index (κ3) is 4.58. The number of pyridine rings is 1. The maximum absolute atomic E-state index is 12.9. The molecule has 0 N–H and O–H groups in total. The lowest BCUT2D eigenvalue weighted by molar-refractivity contribution is -0.141. The van der Waals surface area contributed by atoms with E-state index in [4.69, 9.17) is 4.74 Å². The van der Waals surface area contributed by atoms with Crippen LogP contribution in [0.5, 0.6) is 5.75 Å². The Bertz CT molecular complexity index is 1170. The van der Waals surface area contributed by atoms with Crippen LogP contribution in [0.3, 0.4) is 0 Å². The highest BCUT2D eigenvalue weighted by Gasteiger charge is 2.33. The van der Waals surface area contributed by atoms with Crippen LogP contribution >= 0.6 is 0 Å². The lowest BCUT2D eigenvalue weighted by Crippen LogP contribution is -2.31. The van der Waals surface area contributed by atoms with Crippen LogP contribution in [-0.4, -0.2) is 51.6 Å². The molecule has 0 bridgehead atoms. The molecule has 1 amide bonds. The average Bonchev–Trinajstić information content (AvgIpc) is 3.42. The predicted octanol–water partition coefficient (Wildman–Crippen LogP) is 3.51. The molecule has 0 saturated carbocycles. The second-order valence-corrected chi connectivity index (χ2v) is 7.64. The summed E-state index contributed by atoms with van der Waals surface area (Å²) in [6.45, 7) is 1.62. The smallest absolute Gasteiger partial charge is 0.433 e. The van der Waals surface area contributed by atoms with Gasteiger partial charge in [-0.15, -0.1) is 0 Å². The second-order valence-electron chi connectivity index (χ2n) is 7.64. The van der Waals surface area contributed by atoms with E-state index in [1.165, 1.54) is 13.2 Å². The summed E-state index contributed by atoms with van der Waals surface area (Å²) in [4.78, 5) is 30.3. The SMILES string of the molecule is COc1cc2nn(CC(=O)N3CCCC3)cc2cc1CC(=O)c1cccc(C(F)(F)F)n1. The molecule has 2 aromatic heterocycles. The highest BCUT2D eigenvalue weighted by Crippen LogP contribution is 2.29. The monoisotopic (exact) mass is 446 g/mol. The van der Waals surface area contributed by atoms with Crippen LogP contribution in [0.4, 0.5) is 13.2 Å². The number of likely N-dealkylation sites (tertiary alicyclic amines) is 1. The van der Waals surface area contributed by atoms with Gasteiger partial charge in [-0.05, 0) is 31.0 Å². The Kier molecular flexibility index (Phi) is 5.86. The molecule has 0 unspecified atom stereocenters. The molecule has 0 spiro atoms. The molecule has 1 aliphatic rings. The van der Waals surface area contributed by atoms with E-state index in [2.05, 4.69) is 10.1 Å². The molecule has 1 saturated heterocycles. The molecule has 10 heteroatoms. The van der Waals surface area contributed by atoms with Crippen molar-refractivity contribution in [3.8, 4) is 5.75 Å². The quantitative estimate of drug-likeness (QED) is 0.542. The van der Waals surface area contributed by atoms with E-state index >= 15 is 0 Å². The zero-order valence-electron chi connectivity index (χ0n) is 17.4. The Morgan fingerprint density at radius 3 is 2.59 bits per heavy atom. The minimum Gasteiger partial charge on any atom is -0.496 e. The van der Waals surface area contributed by atoms with Crippen molar-refractivity contribution in [3.05, 3.63) is 53.5 Å². The number of carbonyl (C=O) groups is 2. The van der Waals surface area contributed by atoms with Gasteiger partial charge in [0.1, 0.15) is 23.7 Å². The standard InChI is InChI=1S/C22H21F3N4O3/c1-32-19-11-17-15(12-29(27-17)13-21(31)28-7-2-3-8-28)9-14(19)10-18(30)16-5-4-6-20(26-16)22(23,24)25/h4-6,9,11-12H,2-3,7-8,10,13H2,1H3. The van der Waals surface area contributed by atoms with Crippen LogP contribution in [0.15, 0.2) is 36.5 Å². The van der Waals surface area contributed by atoms with Crippen LogP contribution in [0.1, 0.15) is 34.6 Å². The number of Topliss-reactive ketones (excluding diaryl/α,β-unsaturated/α-hetero) is 1. The van der Waals surface area contributed by atoms with Gasteiger partial charge < -0.3 is 9.64 Å². The van der Waals surface area contributed by atoms with Crippen molar-refractivity contribution >= 4 is 22.6 Å². The molecular weight excluding hydrogens is 425 g/mol. The normalized spacial score (nSPS) is 14.2. The fourth-order valence-corrected chi connectivity index (χ4v) is 3.78. The fourth-order valence-electron chi connectivity index (χ4n) is 3.78. The summed E-state index contributed by atoms with van der Waals surface area (Å²) in [7, 11) is 1.44. The van der Waals surface area contributed by atoms with E-state index in [-0.39, 0.29) is 24.6 Å². The Labute approximate surface area is 181 Å². The topological polar surface area (TPSA) is 77.3 Å². The number of hydrogen-bond acceptors (Lipinski definition) is 5. The number of fused-ring (bicyclic) bond motifs is 1. The first-order valence-electron chi connectivity index (χ1n) is 10.1. The summed E-state index contributed by atoms with van der Waals surface area (Å²) in [5, 5.41) is 5.11. The number of nitrogens with zero attached hydrogens (tertiary/aromatic N) is 4. The number of methoxy groups -OCH3 is 1. The first-order valence-corrected chi connectivity index (χ1v) is 10.1. The summed E-state index contributed by atoms with van der Waals surface area (Å²) in [5.41, 5.74) is -0.303. The zero-order chi connectivity index (χ0) is 22.9. The van der Waals surface area contributed by atoms with Crippen molar-refractivity contribution in [1.82, 2.24) is 19.7 Å². The highest BCUT2D eigenvalue weighted by molar-refractivity contribution is 5.97. The van der Waals surface area contributed by atoms with Crippen LogP contribution < -0.4 is 4.74 Å². The summed E-state index contributed by atoms with van der Waals surface area (Å²) in [6.07, 6.45) is -1.11. The van der Waals surface area contributed by atoms with Crippen molar-refractivity contribution in [2.45, 2.75) is 32.0 Å². The van der Waals surface area contributed by atoms with Crippen LogP contribution in [0.2, 0.25) is 0 Å². The van der Waals surface area contributed by atoms with Crippen LogP contribution in [0, 0.1) is 0 Å². The molecule has 1 fully saturated rings. The Hall–Kier alpha value is -3.43. The maximum Gasteiger partial charge on any atom is 0.433 e. The first kappa shape index (κ1) is 21.8.